The molecule has 0 saturated heterocycles. The van der Waals surface area contributed by atoms with E-state index >= 15 is 0 Å². The Balaban J connectivity index is 1.78. The van der Waals surface area contributed by atoms with Crippen molar-refractivity contribution in [3.63, 3.8) is 0 Å². The maximum Gasteiger partial charge on any atom is 0.407 e. The number of ether oxygens (including phenoxy) is 1. The summed E-state index contributed by atoms with van der Waals surface area (Å²) in [5.74, 6) is -0.314. The molecule has 2 rings (SSSR count). The lowest BCUT2D eigenvalue weighted by Gasteiger charge is -2.19. The second-order valence-corrected chi connectivity index (χ2v) is 7.31. The predicted octanol–water partition coefficient (Wildman–Crippen LogP) is 4.21. The Bertz CT molecular complexity index is 801. The molecule has 0 aromatic heterocycles. The highest BCUT2D eigenvalue weighted by Gasteiger charge is 2.15. The highest BCUT2D eigenvalue weighted by molar-refractivity contribution is 5.89. The topological polar surface area (TPSA) is 79.5 Å². The van der Waals surface area contributed by atoms with Gasteiger partial charge in [-0.1, -0.05) is 24.3 Å². The Morgan fingerprint density at radius 3 is 2.39 bits per heavy atom. The minimum Gasteiger partial charge on any atom is -0.444 e. The second kappa shape index (κ2) is 9.73. The smallest absolute Gasteiger partial charge is 0.407 e. The molecule has 3 N–H and O–H groups in total. The first-order valence-corrected chi connectivity index (χ1v) is 9.06. The van der Waals surface area contributed by atoms with Crippen molar-refractivity contribution in [3.05, 3.63) is 65.5 Å². The van der Waals surface area contributed by atoms with E-state index in [1.807, 2.05) is 39.0 Å². The first kappa shape index (κ1) is 21.2. The van der Waals surface area contributed by atoms with Crippen molar-refractivity contribution in [2.45, 2.75) is 39.3 Å². The number of nitrogens with one attached hydrogen (secondary N) is 3. The average Bonchev–Trinajstić information content (AvgIpc) is 2.60. The lowest BCUT2D eigenvalue weighted by molar-refractivity contribution is 0.0528. The fourth-order valence-electron chi connectivity index (χ4n) is 2.39. The summed E-state index contributed by atoms with van der Waals surface area (Å²) in [6.07, 6.45) is 0.147. The van der Waals surface area contributed by atoms with Crippen LogP contribution >= 0.6 is 0 Å². The molecule has 0 radical (unpaired) electrons. The van der Waals surface area contributed by atoms with Crippen LogP contribution in [0.3, 0.4) is 0 Å². The van der Waals surface area contributed by atoms with Crippen LogP contribution in [0, 0.1) is 5.82 Å². The maximum absolute atomic E-state index is 12.9. The number of alkyl carbamates (subject to hydrolysis) is 1. The van der Waals surface area contributed by atoms with Gasteiger partial charge in [0.05, 0.1) is 0 Å². The van der Waals surface area contributed by atoms with Crippen molar-refractivity contribution in [1.82, 2.24) is 10.6 Å². The molecule has 0 saturated carbocycles. The Labute approximate surface area is 164 Å². The number of carbonyl (C=O) groups excluding carboxylic acids is 2. The number of amides is 3. The molecule has 0 aliphatic heterocycles. The van der Waals surface area contributed by atoms with Crippen LogP contribution in [0.25, 0.3) is 0 Å². The van der Waals surface area contributed by atoms with Crippen molar-refractivity contribution in [3.8, 4) is 0 Å². The van der Waals surface area contributed by atoms with E-state index in [1.54, 1.807) is 18.2 Å². The molecule has 0 fully saturated rings. The summed E-state index contributed by atoms with van der Waals surface area (Å²) >= 11 is 0. The van der Waals surface area contributed by atoms with E-state index in [0.717, 1.165) is 11.1 Å². The summed E-state index contributed by atoms with van der Waals surface area (Å²) in [5, 5.41) is 8.18. The molecular weight excluding hydrogens is 361 g/mol. The number of benzene rings is 2. The van der Waals surface area contributed by atoms with Crippen LogP contribution in [-0.4, -0.2) is 24.3 Å². The van der Waals surface area contributed by atoms with Crippen LogP contribution in [0.4, 0.5) is 19.7 Å². The lowest BCUT2D eigenvalue weighted by Crippen LogP contribution is -2.33. The number of carbonyl (C=O) groups is 2. The fraction of sp³-hybridized carbons (Fsp3) is 0.333. The summed E-state index contributed by atoms with van der Waals surface area (Å²) in [4.78, 5) is 23.7. The molecule has 150 valence electrons. The van der Waals surface area contributed by atoms with E-state index in [2.05, 4.69) is 16.0 Å². The van der Waals surface area contributed by atoms with Crippen LogP contribution in [0.15, 0.2) is 48.5 Å². The molecule has 28 heavy (non-hydrogen) atoms. The molecule has 2 aromatic carbocycles. The highest BCUT2D eigenvalue weighted by Crippen LogP contribution is 2.11. The fourth-order valence-corrected chi connectivity index (χ4v) is 2.39. The van der Waals surface area contributed by atoms with Crippen molar-refractivity contribution in [1.29, 1.82) is 0 Å². The monoisotopic (exact) mass is 387 g/mol. The van der Waals surface area contributed by atoms with Gasteiger partial charge >= 0.3 is 12.1 Å². The van der Waals surface area contributed by atoms with Gasteiger partial charge in [-0.2, -0.15) is 0 Å². The van der Waals surface area contributed by atoms with Gasteiger partial charge in [0.25, 0.3) is 0 Å². The molecule has 0 aliphatic rings. The minimum atomic E-state index is -0.533. The van der Waals surface area contributed by atoms with Gasteiger partial charge in [-0.15, -0.1) is 0 Å². The highest BCUT2D eigenvalue weighted by atomic mass is 19.1. The third-order valence-corrected chi connectivity index (χ3v) is 3.63. The normalized spacial score (nSPS) is 10.9. The first-order valence-electron chi connectivity index (χ1n) is 9.06. The van der Waals surface area contributed by atoms with Gasteiger partial charge in [0, 0.05) is 18.8 Å². The SMILES string of the molecule is CC(C)(C)OC(=O)NCCc1cccc(NC(=O)NCc2ccc(F)cc2)c1. The Morgan fingerprint density at radius 2 is 1.71 bits per heavy atom. The van der Waals surface area contributed by atoms with Crippen molar-refractivity contribution < 1.29 is 18.7 Å². The zero-order chi connectivity index (χ0) is 20.6. The van der Waals surface area contributed by atoms with Gasteiger partial charge in [-0.3, -0.25) is 0 Å². The van der Waals surface area contributed by atoms with Crippen LogP contribution in [0.1, 0.15) is 31.9 Å². The van der Waals surface area contributed by atoms with Crippen molar-refractivity contribution in [2.24, 2.45) is 0 Å². The van der Waals surface area contributed by atoms with Gasteiger partial charge in [0.15, 0.2) is 0 Å². The van der Waals surface area contributed by atoms with E-state index in [9.17, 15) is 14.0 Å². The van der Waals surface area contributed by atoms with E-state index in [1.165, 1.54) is 12.1 Å². The van der Waals surface area contributed by atoms with Gasteiger partial charge in [-0.05, 0) is 62.6 Å². The van der Waals surface area contributed by atoms with Crippen LogP contribution in [0.5, 0.6) is 0 Å². The zero-order valence-corrected chi connectivity index (χ0v) is 16.3. The van der Waals surface area contributed by atoms with Crippen LogP contribution < -0.4 is 16.0 Å². The third kappa shape index (κ3) is 8.07. The molecule has 0 spiro atoms. The van der Waals surface area contributed by atoms with E-state index in [4.69, 9.17) is 4.74 Å². The summed E-state index contributed by atoms with van der Waals surface area (Å²) in [6, 6.07) is 13.0. The molecule has 0 bridgehead atoms. The number of hydrogen-bond acceptors (Lipinski definition) is 3. The molecule has 2 aromatic rings. The van der Waals surface area contributed by atoms with Crippen molar-refractivity contribution in [2.75, 3.05) is 11.9 Å². The number of halogens is 1. The van der Waals surface area contributed by atoms with E-state index in [0.29, 0.717) is 25.2 Å². The molecule has 6 nitrogen and oxygen atoms in total. The summed E-state index contributed by atoms with van der Waals surface area (Å²) in [6.45, 7) is 6.15. The molecule has 0 atom stereocenters. The number of urea groups is 1. The Morgan fingerprint density at radius 1 is 1.00 bits per heavy atom. The van der Waals surface area contributed by atoms with E-state index in [-0.39, 0.29) is 11.8 Å². The van der Waals surface area contributed by atoms with Crippen molar-refractivity contribution >= 4 is 17.8 Å². The molecule has 0 aliphatic carbocycles. The zero-order valence-electron chi connectivity index (χ0n) is 16.3. The molecule has 3 amide bonds. The van der Waals surface area contributed by atoms with Gasteiger partial charge < -0.3 is 20.7 Å². The summed E-state index contributed by atoms with van der Waals surface area (Å²) in [7, 11) is 0. The quantitative estimate of drug-likeness (QED) is 0.694. The van der Waals surface area contributed by atoms with Gasteiger partial charge in [0.2, 0.25) is 0 Å². The predicted molar refractivity (Wildman–Crippen MR) is 107 cm³/mol. The van der Waals surface area contributed by atoms with Crippen LogP contribution in [-0.2, 0) is 17.7 Å². The lowest BCUT2D eigenvalue weighted by atomic mass is 10.1. The molecule has 0 heterocycles. The first-order chi connectivity index (χ1) is 13.2. The average molecular weight is 387 g/mol. The van der Waals surface area contributed by atoms with Gasteiger partial charge in [-0.25, -0.2) is 14.0 Å². The summed E-state index contributed by atoms with van der Waals surface area (Å²) in [5.41, 5.74) is 1.88. The van der Waals surface area contributed by atoms with Crippen LogP contribution in [0.2, 0.25) is 0 Å². The molecular formula is C21H26FN3O3. The number of hydrogen-bond donors (Lipinski definition) is 3. The number of anilines is 1. The Hall–Kier alpha value is -3.09. The maximum atomic E-state index is 12.9. The third-order valence-electron chi connectivity index (χ3n) is 3.63. The minimum absolute atomic E-state index is 0.297. The number of rotatable bonds is 6. The second-order valence-electron chi connectivity index (χ2n) is 7.31. The van der Waals surface area contributed by atoms with E-state index < -0.39 is 11.7 Å². The Kier molecular flexibility index (Phi) is 7.37. The van der Waals surface area contributed by atoms with Gasteiger partial charge in [0.1, 0.15) is 11.4 Å². The molecule has 7 heteroatoms. The largest absolute Gasteiger partial charge is 0.444 e. The molecule has 0 unspecified atom stereocenters. The standard InChI is InChI=1S/C21H26FN3O3/c1-21(2,3)28-20(27)23-12-11-15-5-4-6-18(13-15)25-19(26)24-14-16-7-9-17(22)10-8-16/h4-10,13H,11-12,14H2,1-3H3,(H,23,27)(H2,24,25,26). The summed E-state index contributed by atoms with van der Waals surface area (Å²) < 4.78 is 18.1.